The molecule has 1 N–H and O–H groups in total. The number of carbonyl (C=O) groups excluding carboxylic acids is 2. The van der Waals surface area contributed by atoms with E-state index >= 15 is 0 Å². The zero-order valence-electron chi connectivity index (χ0n) is 13.2. The summed E-state index contributed by atoms with van der Waals surface area (Å²) in [5, 5.41) is 13.0. The quantitative estimate of drug-likeness (QED) is 0.359. The molecule has 10 heteroatoms. The van der Waals surface area contributed by atoms with Crippen molar-refractivity contribution >= 4 is 29.5 Å². The molecule has 1 aliphatic rings. The number of carbonyl (C=O) groups is 2. The second-order valence-electron chi connectivity index (χ2n) is 4.99. The van der Waals surface area contributed by atoms with Gasteiger partial charge in [0, 0.05) is 17.8 Å². The van der Waals surface area contributed by atoms with E-state index in [1.165, 1.54) is 12.1 Å². The van der Waals surface area contributed by atoms with Gasteiger partial charge in [-0.15, -0.1) is 0 Å². The van der Waals surface area contributed by atoms with E-state index in [2.05, 4.69) is 5.32 Å². The molecule has 1 aromatic heterocycles. The van der Waals surface area contributed by atoms with Crippen LogP contribution in [0.2, 0.25) is 0 Å². The van der Waals surface area contributed by atoms with Gasteiger partial charge >= 0.3 is 11.9 Å². The Morgan fingerprint density at radius 2 is 2.04 bits per heavy atom. The van der Waals surface area contributed by atoms with Crippen LogP contribution in [-0.4, -0.2) is 30.2 Å². The fourth-order valence-electron chi connectivity index (χ4n) is 2.04. The van der Waals surface area contributed by atoms with Crippen molar-refractivity contribution < 1.29 is 33.1 Å². The monoisotopic (exact) mass is 360 g/mol. The van der Waals surface area contributed by atoms with Crippen molar-refractivity contribution in [3.05, 3.63) is 52.3 Å². The first-order valence-electron chi connectivity index (χ1n) is 7.30. The molecule has 1 aromatic carbocycles. The van der Waals surface area contributed by atoms with Crippen LogP contribution in [0.3, 0.4) is 0 Å². The van der Waals surface area contributed by atoms with E-state index in [0.717, 1.165) is 12.1 Å². The van der Waals surface area contributed by atoms with E-state index in [1.54, 1.807) is 18.2 Å². The summed E-state index contributed by atoms with van der Waals surface area (Å²) < 4.78 is 20.0. The predicted molar refractivity (Wildman–Crippen MR) is 86.6 cm³/mol. The number of hydrogen-bond acceptors (Lipinski definition) is 8. The fourth-order valence-corrected chi connectivity index (χ4v) is 2.04. The number of fused-ring (bicyclic) bond motifs is 1. The molecule has 0 fully saturated rings. The zero-order valence-corrected chi connectivity index (χ0v) is 13.2. The van der Waals surface area contributed by atoms with Crippen molar-refractivity contribution in [1.82, 2.24) is 0 Å². The Morgan fingerprint density at radius 3 is 2.81 bits per heavy atom. The highest BCUT2D eigenvalue weighted by Gasteiger charge is 2.14. The highest BCUT2D eigenvalue weighted by molar-refractivity contribution is 5.94. The smallest absolute Gasteiger partial charge is 0.433 e. The van der Waals surface area contributed by atoms with Crippen LogP contribution in [0.1, 0.15) is 5.76 Å². The number of rotatable bonds is 6. The first-order valence-corrected chi connectivity index (χ1v) is 7.30. The van der Waals surface area contributed by atoms with E-state index in [9.17, 15) is 19.7 Å². The number of amides is 1. The Kier molecular flexibility index (Phi) is 4.83. The number of anilines is 1. The number of nitro groups is 1. The largest absolute Gasteiger partial charge is 0.454 e. The minimum Gasteiger partial charge on any atom is -0.454 e. The second kappa shape index (κ2) is 7.38. The molecule has 2 heterocycles. The summed E-state index contributed by atoms with van der Waals surface area (Å²) in [4.78, 5) is 33.1. The van der Waals surface area contributed by atoms with Crippen LogP contribution in [0.25, 0.3) is 6.08 Å². The van der Waals surface area contributed by atoms with Gasteiger partial charge in [-0.3, -0.25) is 14.9 Å². The predicted octanol–water partition coefficient (Wildman–Crippen LogP) is 2.11. The molecule has 10 nitrogen and oxygen atoms in total. The van der Waals surface area contributed by atoms with Crippen molar-refractivity contribution in [3.8, 4) is 11.5 Å². The normalized spacial score (nSPS) is 12.2. The van der Waals surface area contributed by atoms with Gasteiger partial charge in [-0.25, -0.2) is 4.79 Å². The maximum absolute atomic E-state index is 11.8. The van der Waals surface area contributed by atoms with Crippen LogP contribution in [0.5, 0.6) is 11.5 Å². The molecule has 1 amide bonds. The van der Waals surface area contributed by atoms with Crippen LogP contribution in [-0.2, 0) is 14.3 Å². The molecule has 134 valence electrons. The lowest BCUT2D eigenvalue weighted by molar-refractivity contribution is -0.402. The topological polar surface area (TPSA) is 130 Å². The molecule has 1 aliphatic heterocycles. The lowest BCUT2D eigenvalue weighted by atomic mass is 10.3. The average Bonchev–Trinajstić information content (AvgIpc) is 3.27. The van der Waals surface area contributed by atoms with Crippen molar-refractivity contribution in [1.29, 1.82) is 0 Å². The Balaban J connectivity index is 1.47. The minimum absolute atomic E-state index is 0.110. The molecule has 0 bridgehead atoms. The molecule has 26 heavy (non-hydrogen) atoms. The summed E-state index contributed by atoms with van der Waals surface area (Å²) in [6, 6.07) is 7.34. The van der Waals surface area contributed by atoms with Crippen molar-refractivity contribution in [3.63, 3.8) is 0 Å². The Hall–Kier alpha value is -3.82. The van der Waals surface area contributed by atoms with Gasteiger partial charge < -0.3 is 23.9 Å². The molecular weight excluding hydrogens is 348 g/mol. The van der Waals surface area contributed by atoms with Gasteiger partial charge in [0.25, 0.3) is 5.91 Å². The lowest BCUT2D eigenvalue weighted by Gasteiger charge is -2.06. The second-order valence-corrected chi connectivity index (χ2v) is 4.99. The molecule has 2 aromatic rings. The zero-order chi connectivity index (χ0) is 18.5. The van der Waals surface area contributed by atoms with Crippen LogP contribution in [0, 0.1) is 10.1 Å². The van der Waals surface area contributed by atoms with E-state index in [4.69, 9.17) is 18.6 Å². The highest BCUT2D eigenvalue weighted by atomic mass is 16.7. The van der Waals surface area contributed by atoms with Crippen LogP contribution < -0.4 is 14.8 Å². The Labute approximate surface area is 146 Å². The molecule has 0 atom stereocenters. The van der Waals surface area contributed by atoms with E-state index < -0.39 is 29.3 Å². The van der Waals surface area contributed by atoms with E-state index in [-0.39, 0.29) is 12.6 Å². The summed E-state index contributed by atoms with van der Waals surface area (Å²) in [5.41, 5.74) is 0.466. The summed E-state index contributed by atoms with van der Waals surface area (Å²) in [6.45, 7) is -0.384. The third kappa shape index (κ3) is 4.17. The molecular formula is C16H12N2O8. The Bertz CT molecular complexity index is 886. The highest BCUT2D eigenvalue weighted by Crippen LogP contribution is 2.34. The third-order valence-corrected chi connectivity index (χ3v) is 3.18. The number of ether oxygens (including phenoxy) is 3. The molecule has 0 saturated carbocycles. The number of hydrogen-bond donors (Lipinski definition) is 1. The summed E-state index contributed by atoms with van der Waals surface area (Å²) >= 11 is 0. The van der Waals surface area contributed by atoms with Crippen molar-refractivity contribution in [2.45, 2.75) is 0 Å². The summed E-state index contributed by atoms with van der Waals surface area (Å²) in [6.07, 6.45) is 2.20. The molecule has 0 aliphatic carbocycles. The molecule has 0 unspecified atom stereocenters. The average molecular weight is 360 g/mol. The van der Waals surface area contributed by atoms with Crippen molar-refractivity contribution in [2.75, 3.05) is 18.7 Å². The molecule has 0 radical (unpaired) electrons. The summed E-state index contributed by atoms with van der Waals surface area (Å²) in [5.74, 6) is -0.586. The van der Waals surface area contributed by atoms with Gasteiger partial charge in [0.2, 0.25) is 6.79 Å². The van der Waals surface area contributed by atoms with Crippen LogP contribution in [0.4, 0.5) is 11.6 Å². The first-order chi connectivity index (χ1) is 12.5. The van der Waals surface area contributed by atoms with Gasteiger partial charge in [0.05, 0.1) is 6.07 Å². The van der Waals surface area contributed by atoms with E-state index in [1.807, 2.05) is 0 Å². The maximum Gasteiger partial charge on any atom is 0.433 e. The van der Waals surface area contributed by atoms with Gasteiger partial charge in [0.1, 0.15) is 10.7 Å². The number of nitrogens with one attached hydrogen (secondary N) is 1. The minimum atomic E-state index is -0.801. The Morgan fingerprint density at radius 1 is 1.23 bits per heavy atom. The van der Waals surface area contributed by atoms with Gasteiger partial charge in [-0.2, -0.15) is 0 Å². The van der Waals surface area contributed by atoms with Gasteiger partial charge in [0.15, 0.2) is 18.1 Å². The molecule has 3 rings (SSSR count). The van der Waals surface area contributed by atoms with Gasteiger partial charge in [-0.1, -0.05) is 0 Å². The van der Waals surface area contributed by atoms with Crippen LogP contribution in [0.15, 0.2) is 40.8 Å². The van der Waals surface area contributed by atoms with Gasteiger partial charge in [-0.05, 0) is 24.3 Å². The molecule has 0 spiro atoms. The molecule has 0 saturated heterocycles. The third-order valence-electron chi connectivity index (χ3n) is 3.18. The number of nitrogens with zero attached hydrogens (tertiary/aromatic N) is 1. The SMILES string of the molecule is O=C(COC(=O)/C=C/c1ccc([N+](=O)[O-])o1)Nc1ccc2c(c1)OCO2. The summed E-state index contributed by atoms with van der Waals surface area (Å²) in [7, 11) is 0. The number of esters is 1. The lowest BCUT2D eigenvalue weighted by Crippen LogP contribution is -2.20. The van der Waals surface area contributed by atoms with Crippen molar-refractivity contribution in [2.24, 2.45) is 0 Å². The van der Waals surface area contributed by atoms with Crippen LogP contribution >= 0.6 is 0 Å². The standard InChI is InChI=1S/C16H12N2O8/c19-14(17-10-1-4-12-13(7-10)25-9-24-12)8-23-16(20)6-3-11-2-5-15(26-11)18(21)22/h1-7H,8-9H2,(H,17,19)/b6-3+. The maximum atomic E-state index is 11.8. The van der Waals surface area contributed by atoms with E-state index in [0.29, 0.717) is 17.2 Å². The number of furan rings is 1. The fraction of sp³-hybridized carbons (Fsp3) is 0.125. The number of benzene rings is 1. The first kappa shape index (κ1) is 17.0.